The highest BCUT2D eigenvalue weighted by Crippen LogP contribution is 2.19. The largest absolute Gasteiger partial charge is 0.388 e. The average Bonchev–Trinajstić information content (AvgIpc) is 2.81. The lowest BCUT2D eigenvalue weighted by Crippen LogP contribution is -2.57. The van der Waals surface area contributed by atoms with Crippen LogP contribution in [0.25, 0.3) is 0 Å². The number of rotatable bonds is 5. The number of aliphatic hydroxyl groups is 2. The standard InChI is InChI=1S/C15H24N2O5/c1-4-17(12-7-21-8-13(18)15(12)20)14(19)6-5-11-9(2)16-22-10(11)3/h12-13,15,18,20H,4-8H2,1-3H3/t12-,13-,15+/m1/s1. The quantitative estimate of drug-likeness (QED) is 0.806. The molecular formula is C15H24N2O5. The van der Waals surface area contributed by atoms with Crippen LogP contribution < -0.4 is 0 Å². The van der Waals surface area contributed by atoms with Crippen molar-refractivity contribution in [1.29, 1.82) is 0 Å². The molecule has 1 amide bonds. The maximum atomic E-state index is 12.5. The zero-order valence-corrected chi connectivity index (χ0v) is 13.3. The van der Waals surface area contributed by atoms with Crippen molar-refractivity contribution in [2.75, 3.05) is 19.8 Å². The monoisotopic (exact) mass is 312 g/mol. The van der Waals surface area contributed by atoms with Gasteiger partial charge in [-0.1, -0.05) is 5.16 Å². The number of carbonyl (C=O) groups excluding carboxylic acids is 1. The number of hydrogen-bond donors (Lipinski definition) is 2. The Morgan fingerprint density at radius 1 is 1.36 bits per heavy atom. The van der Waals surface area contributed by atoms with Crippen LogP contribution in [0.3, 0.4) is 0 Å². The Morgan fingerprint density at radius 3 is 2.68 bits per heavy atom. The van der Waals surface area contributed by atoms with Crippen molar-refractivity contribution in [3.63, 3.8) is 0 Å². The summed E-state index contributed by atoms with van der Waals surface area (Å²) >= 11 is 0. The van der Waals surface area contributed by atoms with Crippen LogP contribution in [-0.4, -0.2) is 64.2 Å². The number of aryl methyl sites for hydroxylation is 2. The second kappa shape index (κ2) is 7.21. The zero-order chi connectivity index (χ0) is 16.3. The Hall–Kier alpha value is -1.44. The van der Waals surface area contributed by atoms with Gasteiger partial charge in [0.15, 0.2) is 0 Å². The summed E-state index contributed by atoms with van der Waals surface area (Å²) in [6, 6.07) is -0.508. The molecule has 0 aromatic carbocycles. The summed E-state index contributed by atoms with van der Waals surface area (Å²) < 4.78 is 10.4. The van der Waals surface area contributed by atoms with Gasteiger partial charge in [-0.25, -0.2) is 0 Å². The predicted molar refractivity (Wildman–Crippen MR) is 78.3 cm³/mol. The number of likely N-dealkylation sites (N-methyl/N-ethyl adjacent to an activating group) is 1. The first-order chi connectivity index (χ1) is 10.5. The molecule has 2 N–H and O–H groups in total. The fourth-order valence-electron chi connectivity index (χ4n) is 2.87. The van der Waals surface area contributed by atoms with Crippen LogP contribution >= 0.6 is 0 Å². The second-order valence-corrected chi connectivity index (χ2v) is 5.65. The van der Waals surface area contributed by atoms with Gasteiger partial charge in [0.2, 0.25) is 5.91 Å². The van der Waals surface area contributed by atoms with E-state index in [0.717, 1.165) is 17.0 Å². The van der Waals surface area contributed by atoms with Crippen molar-refractivity contribution in [1.82, 2.24) is 10.1 Å². The summed E-state index contributed by atoms with van der Waals surface area (Å²) in [5.41, 5.74) is 1.75. The lowest BCUT2D eigenvalue weighted by Gasteiger charge is -2.39. The Labute approximate surface area is 129 Å². The van der Waals surface area contributed by atoms with Crippen LogP contribution in [0.2, 0.25) is 0 Å². The SMILES string of the molecule is CCN(C(=O)CCc1c(C)noc1C)[C@@H]1COC[C@@H](O)[C@H]1O. The van der Waals surface area contributed by atoms with E-state index < -0.39 is 18.2 Å². The Morgan fingerprint density at radius 2 is 2.09 bits per heavy atom. The summed E-state index contributed by atoms with van der Waals surface area (Å²) in [6.07, 6.45) is -1.08. The number of nitrogens with zero attached hydrogens (tertiary/aromatic N) is 2. The van der Waals surface area contributed by atoms with Gasteiger partial charge in [-0.3, -0.25) is 4.79 Å². The van der Waals surface area contributed by atoms with Gasteiger partial charge in [-0.2, -0.15) is 0 Å². The molecule has 7 heteroatoms. The molecule has 1 aromatic rings. The summed E-state index contributed by atoms with van der Waals surface area (Å²) in [7, 11) is 0. The zero-order valence-electron chi connectivity index (χ0n) is 13.3. The van der Waals surface area contributed by atoms with E-state index >= 15 is 0 Å². The molecule has 2 rings (SSSR count). The van der Waals surface area contributed by atoms with Crippen molar-refractivity contribution in [2.24, 2.45) is 0 Å². The highest BCUT2D eigenvalue weighted by atomic mass is 16.5. The third-order valence-corrected chi connectivity index (χ3v) is 4.20. The van der Waals surface area contributed by atoms with Crippen molar-refractivity contribution in [3.8, 4) is 0 Å². The highest BCUT2D eigenvalue weighted by Gasteiger charge is 2.36. The van der Waals surface area contributed by atoms with Crippen LogP contribution in [0.5, 0.6) is 0 Å². The average molecular weight is 312 g/mol. The molecule has 1 aromatic heterocycles. The number of amides is 1. The topological polar surface area (TPSA) is 96.0 Å². The molecule has 2 heterocycles. The number of ether oxygens (including phenoxy) is 1. The third-order valence-electron chi connectivity index (χ3n) is 4.20. The van der Waals surface area contributed by atoms with Gasteiger partial charge < -0.3 is 24.4 Å². The number of aromatic nitrogens is 1. The van der Waals surface area contributed by atoms with Gasteiger partial charge in [0.05, 0.1) is 24.9 Å². The first-order valence-corrected chi connectivity index (χ1v) is 7.60. The fraction of sp³-hybridized carbons (Fsp3) is 0.733. The van der Waals surface area contributed by atoms with Gasteiger partial charge in [0, 0.05) is 18.5 Å². The minimum absolute atomic E-state index is 0.0794. The molecule has 1 aliphatic heterocycles. The maximum absolute atomic E-state index is 12.5. The van der Waals surface area contributed by atoms with Gasteiger partial charge in [0.1, 0.15) is 18.0 Å². The van der Waals surface area contributed by atoms with E-state index in [-0.39, 0.29) is 19.1 Å². The Balaban J connectivity index is 2.00. The lowest BCUT2D eigenvalue weighted by atomic mass is 10.0. The molecule has 1 saturated heterocycles. The summed E-state index contributed by atoms with van der Waals surface area (Å²) in [4.78, 5) is 14.0. The van der Waals surface area contributed by atoms with E-state index in [4.69, 9.17) is 9.26 Å². The molecule has 1 fully saturated rings. The summed E-state index contributed by atoms with van der Waals surface area (Å²) in [6.45, 7) is 6.32. The van der Waals surface area contributed by atoms with Gasteiger partial charge >= 0.3 is 0 Å². The number of aliphatic hydroxyl groups excluding tert-OH is 2. The predicted octanol–water partition coefficient (Wildman–Crippen LogP) is 0.193. The van der Waals surface area contributed by atoms with Crippen LogP contribution in [0, 0.1) is 13.8 Å². The molecule has 0 unspecified atom stereocenters. The first kappa shape index (κ1) is 16.9. The Bertz CT molecular complexity index is 497. The first-order valence-electron chi connectivity index (χ1n) is 7.60. The van der Waals surface area contributed by atoms with Gasteiger partial charge in [-0.15, -0.1) is 0 Å². The van der Waals surface area contributed by atoms with E-state index in [1.54, 1.807) is 4.90 Å². The molecule has 3 atom stereocenters. The summed E-state index contributed by atoms with van der Waals surface area (Å²) in [5, 5.41) is 23.7. The normalized spacial score (nSPS) is 25.2. The third kappa shape index (κ3) is 3.48. The maximum Gasteiger partial charge on any atom is 0.223 e. The van der Waals surface area contributed by atoms with Crippen molar-refractivity contribution in [3.05, 3.63) is 17.0 Å². The van der Waals surface area contributed by atoms with Crippen LogP contribution in [0.4, 0.5) is 0 Å². The molecule has 0 saturated carbocycles. The van der Waals surface area contributed by atoms with E-state index in [2.05, 4.69) is 5.16 Å². The lowest BCUT2D eigenvalue weighted by molar-refractivity contribution is -0.155. The van der Waals surface area contributed by atoms with Crippen molar-refractivity contribution >= 4 is 5.91 Å². The summed E-state index contributed by atoms with van der Waals surface area (Å²) in [5.74, 6) is 0.647. The minimum atomic E-state index is -0.975. The van der Waals surface area contributed by atoms with Gasteiger partial charge in [0.25, 0.3) is 0 Å². The molecular weight excluding hydrogens is 288 g/mol. The highest BCUT2D eigenvalue weighted by molar-refractivity contribution is 5.77. The van der Waals surface area contributed by atoms with Crippen LogP contribution in [-0.2, 0) is 16.0 Å². The second-order valence-electron chi connectivity index (χ2n) is 5.65. The molecule has 0 bridgehead atoms. The molecule has 7 nitrogen and oxygen atoms in total. The van der Waals surface area contributed by atoms with Gasteiger partial charge in [-0.05, 0) is 27.2 Å². The van der Waals surface area contributed by atoms with Crippen molar-refractivity contribution in [2.45, 2.75) is 51.9 Å². The molecule has 124 valence electrons. The molecule has 0 aliphatic carbocycles. The minimum Gasteiger partial charge on any atom is -0.388 e. The molecule has 22 heavy (non-hydrogen) atoms. The van der Waals surface area contributed by atoms with Crippen LogP contribution in [0.15, 0.2) is 4.52 Å². The van der Waals surface area contributed by atoms with E-state index in [9.17, 15) is 15.0 Å². The molecule has 0 spiro atoms. The molecule has 1 aliphatic rings. The fourth-order valence-corrected chi connectivity index (χ4v) is 2.87. The molecule has 0 radical (unpaired) electrons. The Kier molecular flexibility index (Phi) is 5.55. The van der Waals surface area contributed by atoms with E-state index in [1.165, 1.54) is 0 Å². The number of carbonyl (C=O) groups is 1. The van der Waals surface area contributed by atoms with E-state index in [0.29, 0.717) is 19.4 Å². The van der Waals surface area contributed by atoms with Crippen molar-refractivity contribution < 1.29 is 24.3 Å². The van der Waals surface area contributed by atoms with Crippen LogP contribution in [0.1, 0.15) is 30.4 Å². The smallest absolute Gasteiger partial charge is 0.223 e. The van der Waals surface area contributed by atoms with E-state index in [1.807, 2.05) is 20.8 Å². The number of hydrogen-bond acceptors (Lipinski definition) is 6.